The lowest BCUT2D eigenvalue weighted by Crippen LogP contribution is -2.43. The molecule has 27 heavy (non-hydrogen) atoms. The molecule has 1 fully saturated rings. The van der Waals surface area contributed by atoms with Gasteiger partial charge in [-0.1, -0.05) is 17.3 Å². The number of carbonyl (C=O) groups is 1. The number of piperidine rings is 1. The molecule has 1 aliphatic rings. The smallest absolute Gasteiger partial charge is 0.278 e. The van der Waals surface area contributed by atoms with Crippen LogP contribution in [0.5, 0.6) is 0 Å². The van der Waals surface area contributed by atoms with Crippen molar-refractivity contribution in [3.05, 3.63) is 46.8 Å². The molecule has 0 spiro atoms. The maximum absolute atomic E-state index is 12.8. The molecule has 3 aromatic rings. The Morgan fingerprint density at radius 1 is 1.26 bits per heavy atom. The van der Waals surface area contributed by atoms with Gasteiger partial charge in [-0.3, -0.25) is 9.59 Å². The lowest BCUT2D eigenvalue weighted by molar-refractivity contribution is -0.133. The highest BCUT2D eigenvalue weighted by Gasteiger charge is 2.28. The lowest BCUT2D eigenvalue weighted by atomic mass is 9.97. The summed E-state index contributed by atoms with van der Waals surface area (Å²) in [7, 11) is 0. The molecule has 9 heteroatoms. The van der Waals surface area contributed by atoms with Crippen molar-refractivity contribution in [1.82, 2.24) is 34.7 Å². The highest BCUT2D eigenvalue weighted by molar-refractivity contribution is 5.78. The highest BCUT2D eigenvalue weighted by Crippen LogP contribution is 2.25. The van der Waals surface area contributed by atoms with E-state index in [1.165, 1.54) is 0 Å². The second-order valence-electron chi connectivity index (χ2n) is 6.72. The Morgan fingerprint density at radius 2 is 2.11 bits per heavy atom. The molecule has 3 heterocycles. The summed E-state index contributed by atoms with van der Waals surface area (Å²) < 4.78 is 3.15. The van der Waals surface area contributed by atoms with Crippen molar-refractivity contribution in [3.8, 4) is 0 Å². The number of carbonyl (C=O) groups excluding carboxylic acids is 1. The average Bonchev–Trinajstić information content (AvgIpc) is 3.19. The van der Waals surface area contributed by atoms with Gasteiger partial charge in [-0.05, 0) is 31.9 Å². The minimum Gasteiger partial charge on any atom is -0.340 e. The number of aromatic nitrogens is 6. The van der Waals surface area contributed by atoms with Crippen LogP contribution in [-0.4, -0.2) is 53.7 Å². The van der Waals surface area contributed by atoms with Crippen molar-refractivity contribution >= 4 is 16.8 Å². The van der Waals surface area contributed by atoms with Gasteiger partial charge in [0.2, 0.25) is 5.91 Å². The molecule has 1 saturated heterocycles. The van der Waals surface area contributed by atoms with Gasteiger partial charge in [0.05, 0.1) is 5.39 Å². The topological polar surface area (TPSA) is 98.8 Å². The van der Waals surface area contributed by atoms with Crippen LogP contribution in [0.15, 0.2) is 35.4 Å². The van der Waals surface area contributed by atoms with Crippen LogP contribution in [0.4, 0.5) is 0 Å². The molecule has 0 saturated carbocycles. The normalized spacial score (nSPS) is 17.4. The molecule has 0 aliphatic carbocycles. The van der Waals surface area contributed by atoms with Gasteiger partial charge in [-0.15, -0.1) is 15.3 Å². The number of fused-ring (bicyclic) bond motifs is 1. The van der Waals surface area contributed by atoms with E-state index < -0.39 is 0 Å². The first kappa shape index (κ1) is 17.3. The molecule has 4 rings (SSSR count). The van der Waals surface area contributed by atoms with E-state index in [9.17, 15) is 9.59 Å². The third-order valence-corrected chi connectivity index (χ3v) is 5.04. The van der Waals surface area contributed by atoms with Gasteiger partial charge in [0.1, 0.15) is 24.2 Å². The molecule has 0 bridgehead atoms. The van der Waals surface area contributed by atoms with Gasteiger partial charge in [0.25, 0.3) is 5.56 Å². The van der Waals surface area contributed by atoms with Gasteiger partial charge < -0.3 is 9.47 Å². The zero-order valence-electron chi connectivity index (χ0n) is 15.2. The summed E-state index contributed by atoms with van der Waals surface area (Å²) in [6.07, 6.45) is 3.59. The fourth-order valence-corrected chi connectivity index (χ4v) is 3.59. The Morgan fingerprint density at radius 3 is 2.96 bits per heavy atom. The Kier molecular flexibility index (Phi) is 4.66. The fourth-order valence-electron chi connectivity index (χ4n) is 3.59. The molecular weight excluding hydrogens is 346 g/mol. The molecule has 1 amide bonds. The minimum atomic E-state index is -0.298. The third kappa shape index (κ3) is 3.32. The molecule has 0 radical (unpaired) electrons. The first-order valence-electron chi connectivity index (χ1n) is 9.15. The number of benzene rings is 1. The highest BCUT2D eigenvalue weighted by atomic mass is 16.2. The van der Waals surface area contributed by atoms with Crippen LogP contribution >= 0.6 is 0 Å². The Hall–Kier alpha value is -3.10. The summed E-state index contributed by atoms with van der Waals surface area (Å²) in [4.78, 5) is 27.1. The van der Waals surface area contributed by atoms with Crippen LogP contribution in [0, 0.1) is 0 Å². The van der Waals surface area contributed by atoms with Crippen LogP contribution in [-0.2, 0) is 17.9 Å². The number of hydrogen-bond acceptors (Lipinski definition) is 6. The Balaban J connectivity index is 1.51. The zero-order chi connectivity index (χ0) is 18.8. The fraction of sp³-hybridized carbons (Fsp3) is 0.444. The maximum Gasteiger partial charge on any atom is 0.278 e. The standard InChI is InChI=1S/C18H21N7O2/c1-2-23-12-19-21-17(23)13-6-5-9-24(10-13)16(26)11-25-18(27)14-7-3-4-8-15(14)20-22-25/h3-4,7-8,12-13H,2,5-6,9-11H2,1H3/t13-/m0/s1. The van der Waals surface area contributed by atoms with E-state index in [1.54, 1.807) is 35.5 Å². The molecule has 0 unspecified atom stereocenters. The Bertz CT molecular complexity index is 1030. The zero-order valence-corrected chi connectivity index (χ0v) is 15.2. The summed E-state index contributed by atoms with van der Waals surface area (Å²) in [6.45, 7) is 3.99. The lowest BCUT2D eigenvalue weighted by Gasteiger charge is -2.32. The molecule has 1 atom stereocenters. The number of rotatable bonds is 4. The van der Waals surface area contributed by atoms with Gasteiger partial charge >= 0.3 is 0 Å². The SMILES string of the molecule is CCn1cnnc1[C@H]1CCCN(C(=O)Cn2nnc3ccccc3c2=O)C1. The monoisotopic (exact) mass is 367 g/mol. The second-order valence-corrected chi connectivity index (χ2v) is 6.72. The van der Waals surface area contributed by atoms with Crippen molar-refractivity contribution in [3.63, 3.8) is 0 Å². The number of aryl methyl sites for hydroxylation is 1. The largest absolute Gasteiger partial charge is 0.340 e. The summed E-state index contributed by atoms with van der Waals surface area (Å²) in [5.41, 5.74) is 0.233. The van der Waals surface area contributed by atoms with Gasteiger partial charge in [-0.25, -0.2) is 4.68 Å². The van der Waals surface area contributed by atoms with E-state index in [4.69, 9.17) is 0 Å². The molecule has 2 aromatic heterocycles. The predicted molar refractivity (Wildman–Crippen MR) is 98.0 cm³/mol. The number of nitrogens with zero attached hydrogens (tertiary/aromatic N) is 7. The van der Waals surface area contributed by atoms with Crippen LogP contribution in [0.2, 0.25) is 0 Å². The van der Waals surface area contributed by atoms with Crippen LogP contribution < -0.4 is 5.56 Å². The van der Waals surface area contributed by atoms with E-state index in [-0.39, 0.29) is 23.9 Å². The number of hydrogen-bond donors (Lipinski definition) is 0. The predicted octanol–water partition coefficient (Wildman–Crippen LogP) is 0.809. The molecule has 140 valence electrons. The van der Waals surface area contributed by atoms with Gasteiger partial charge in [-0.2, -0.15) is 0 Å². The van der Waals surface area contributed by atoms with Crippen LogP contribution in [0.25, 0.3) is 10.9 Å². The molecule has 9 nitrogen and oxygen atoms in total. The maximum atomic E-state index is 12.8. The van der Waals surface area contributed by atoms with E-state index >= 15 is 0 Å². The van der Waals surface area contributed by atoms with Crippen LogP contribution in [0.3, 0.4) is 0 Å². The van der Waals surface area contributed by atoms with E-state index in [0.29, 0.717) is 24.0 Å². The summed E-state index contributed by atoms with van der Waals surface area (Å²) in [6, 6.07) is 7.00. The molecule has 1 aliphatic heterocycles. The van der Waals surface area contributed by atoms with Crippen LogP contribution in [0.1, 0.15) is 31.5 Å². The molecule has 0 N–H and O–H groups in total. The summed E-state index contributed by atoms with van der Waals surface area (Å²) in [5, 5.41) is 16.6. The van der Waals surface area contributed by atoms with Crippen molar-refractivity contribution in [2.75, 3.05) is 13.1 Å². The van der Waals surface area contributed by atoms with Crippen molar-refractivity contribution in [2.45, 2.75) is 38.8 Å². The van der Waals surface area contributed by atoms with Gasteiger partial charge in [0, 0.05) is 25.6 Å². The van der Waals surface area contributed by atoms with Crippen molar-refractivity contribution in [1.29, 1.82) is 0 Å². The number of amides is 1. The summed E-state index contributed by atoms with van der Waals surface area (Å²) in [5.74, 6) is 0.941. The molecular formula is C18H21N7O2. The number of likely N-dealkylation sites (tertiary alicyclic amines) is 1. The van der Waals surface area contributed by atoms with Gasteiger partial charge in [0.15, 0.2) is 0 Å². The van der Waals surface area contributed by atoms with Crippen molar-refractivity contribution in [2.24, 2.45) is 0 Å². The van der Waals surface area contributed by atoms with E-state index in [0.717, 1.165) is 29.9 Å². The summed E-state index contributed by atoms with van der Waals surface area (Å²) >= 11 is 0. The van der Waals surface area contributed by atoms with Crippen molar-refractivity contribution < 1.29 is 4.79 Å². The Labute approximate surface area is 155 Å². The first-order chi connectivity index (χ1) is 13.2. The third-order valence-electron chi connectivity index (χ3n) is 5.04. The van der Waals surface area contributed by atoms with E-state index in [1.807, 2.05) is 11.5 Å². The second kappa shape index (κ2) is 7.26. The minimum absolute atomic E-state index is 0.107. The quantitative estimate of drug-likeness (QED) is 0.677. The average molecular weight is 367 g/mol. The first-order valence-corrected chi connectivity index (χ1v) is 9.15. The molecule has 1 aromatic carbocycles. The van der Waals surface area contributed by atoms with E-state index in [2.05, 4.69) is 20.5 Å².